The lowest BCUT2D eigenvalue weighted by Gasteiger charge is -2.14. The average Bonchev–Trinajstić information content (AvgIpc) is 2.36. The number of benzene rings is 1. The van der Waals surface area contributed by atoms with Gasteiger partial charge >= 0.3 is 0 Å². The minimum Gasteiger partial charge on any atom is -0.396 e. The summed E-state index contributed by atoms with van der Waals surface area (Å²) in [6.07, 6.45) is 0.819. The zero-order valence-electron chi connectivity index (χ0n) is 11.0. The smallest absolute Gasteiger partial charge is 0.129 e. The van der Waals surface area contributed by atoms with Gasteiger partial charge in [-0.1, -0.05) is 25.1 Å². The van der Waals surface area contributed by atoms with Crippen LogP contribution in [-0.4, -0.2) is 23.2 Å². The Morgan fingerprint density at radius 1 is 1.33 bits per heavy atom. The number of aryl methyl sites for hydroxylation is 1. The van der Waals surface area contributed by atoms with Crippen LogP contribution in [0.15, 0.2) is 30.3 Å². The van der Waals surface area contributed by atoms with Crippen LogP contribution in [0.3, 0.4) is 0 Å². The van der Waals surface area contributed by atoms with E-state index in [9.17, 15) is 0 Å². The van der Waals surface area contributed by atoms with Crippen LogP contribution in [0.25, 0.3) is 10.9 Å². The van der Waals surface area contributed by atoms with Gasteiger partial charge in [0.15, 0.2) is 0 Å². The number of aliphatic hydroxyl groups is 1. The molecule has 96 valence electrons. The standard InChI is InChI=1S/C15H20N2O/c1-11(7-8-18)10-16-15-12(2)9-13-5-3-4-6-14(13)17-15/h3-6,9,11,18H,7-8,10H2,1-2H3,(H,16,17). The summed E-state index contributed by atoms with van der Waals surface area (Å²) in [6, 6.07) is 10.3. The first-order valence-electron chi connectivity index (χ1n) is 6.42. The molecule has 0 aliphatic rings. The summed E-state index contributed by atoms with van der Waals surface area (Å²) in [4.78, 5) is 4.63. The normalized spacial score (nSPS) is 12.6. The largest absolute Gasteiger partial charge is 0.396 e. The third-order valence-electron chi connectivity index (χ3n) is 3.15. The van der Waals surface area contributed by atoms with Gasteiger partial charge in [-0.2, -0.15) is 0 Å². The van der Waals surface area contributed by atoms with E-state index in [1.807, 2.05) is 18.2 Å². The van der Waals surface area contributed by atoms with Gasteiger partial charge in [0.25, 0.3) is 0 Å². The maximum absolute atomic E-state index is 8.89. The van der Waals surface area contributed by atoms with E-state index in [1.165, 1.54) is 5.39 Å². The minimum atomic E-state index is 0.243. The highest BCUT2D eigenvalue weighted by molar-refractivity contribution is 5.81. The molecule has 1 unspecified atom stereocenters. The monoisotopic (exact) mass is 244 g/mol. The van der Waals surface area contributed by atoms with Crippen LogP contribution >= 0.6 is 0 Å². The van der Waals surface area contributed by atoms with Gasteiger partial charge in [0.05, 0.1) is 5.52 Å². The van der Waals surface area contributed by atoms with Crippen LogP contribution in [0, 0.1) is 12.8 Å². The Morgan fingerprint density at radius 2 is 2.11 bits per heavy atom. The predicted molar refractivity (Wildman–Crippen MR) is 75.8 cm³/mol. The molecule has 2 aromatic rings. The van der Waals surface area contributed by atoms with Crippen molar-refractivity contribution in [3.8, 4) is 0 Å². The quantitative estimate of drug-likeness (QED) is 0.850. The Morgan fingerprint density at radius 3 is 2.89 bits per heavy atom. The Hall–Kier alpha value is -1.61. The van der Waals surface area contributed by atoms with E-state index in [4.69, 9.17) is 5.11 Å². The number of rotatable bonds is 5. The van der Waals surface area contributed by atoms with Crippen LogP contribution in [0.1, 0.15) is 18.9 Å². The molecule has 0 aliphatic carbocycles. The molecule has 1 aromatic heterocycles. The molecule has 2 rings (SSSR count). The average molecular weight is 244 g/mol. The van der Waals surface area contributed by atoms with Crippen molar-refractivity contribution >= 4 is 16.7 Å². The molecule has 1 aromatic carbocycles. The molecular weight excluding hydrogens is 224 g/mol. The number of pyridine rings is 1. The van der Waals surface area contributed by atoms with Gasteiger partial charge < -0.3 is 10.4 Å². The van der Waals surface area contributed by atoms with E-state index >= 15 is 0 Å². The molecule has 2 N–H and O–H groups in total. The molecule has 0 saturated heterocycles. The van der Waals surface area contributed by atoms with Crippen LogP contribution < -0.4 is 5.32 Å². The van der Waals surface area contributed by atoms with Crippen molar-refractivity contribution in [1.82, 2.24) is 4.98 Å². The van der Waals surface area contributed by atoms with Crippen molar-refractivity contribution in [2.24, 2.45) is 5.92 Å². The van der Waals surface area contributed by atoms with Crippen molar-refractivity contribution in [2.45, 2.75) is 20.3 Å². The highest BCUT2D eigenvalue weighted by Crippen LogP contribution is 2.19. The SMILES string of the molecule is Cc1cc2ccccc2nc1NCC(C)CCO. The highest BCUT2D eigenvalue weighted by Gasteiger charge is 2.05. The summed E-state index contributed by atoms with van der Waals surface area (Å²) in [5, 5.41) is 13.4. The summed E-state index contributed by atoms with van der Waals surface area (Å²) in [5.74, 6) is 1.39. The zero-order chi connectivity index (χ0) is 13.0. The van der Waals surface area contributed by atoms with Crippen molar-refractivity contribution in [3.63, 3.8) is 0 Å². The maximum atomic E-state index is 8.89. The lowest BCUT2D eigenvalue weighted by atomic mass is 10.1. The number of nitrogens with one attached hydrogen (secondary N) is 1. The first-order valence-corrected chi connectivity index (χ1v) is 6.42. The lowest BCUT2D eigenvalue weighted by molar-refractivity contribution is 0.266. The second kappa shape index (κ2) is 5.83. The third kappa shape index (κ3) is 2.99. The summed E-state index contributed by atoms with van der Waals surface area (Å²) in [7, 11) is 0. The second-order valence-corrected chi connectivity index (χ2v) is 4.84. The molecule has 3 heteroatoms. The first-order chi connectivity index (χ1) is 8.70. The van der Waals surface area contributed by atoms with Crippen LogP contribution in [0.5, 0.6) is 0 Å². The van der Waals surface area contributed by atoms with Gasteiger partial charge in [0, 0.05) is 18.5 Å². The zero-order valence-corrected chi connectivity index (χ0v) is 11.0. The molecular formula is C15H20N2O. The molecule has 0 saturated carbocycles. The number of fused-ring (bicyclic) bond motifs is 1. The molecule has 0 spiro atoms. The second-order valence-electron chi connectivity index (χ2n) is 4.84. The molecule has 0 bridgehead atoms. The lowest BCUT2D eigenvalue weighted by Crippen LogP contribution is -2.14. The summed E-state index contributed by atoms with van der Waals surface area (Å²) in [6.45, 7) is 5.28. The van der Waals surface area contributed by atoms with E-state index in [0.717, 1.165) is 29.9 Å². The summed E-state index contributed by atoms with van der Waals surface area (Å²) >= 11 is 0. The Bertz CT molecular complexity index is 525. The van der Waals surface area contributed by atoms with Gasteiger partial charge in [-0.3, -0.25) is 0 Å². The Balaban J connectivity index is 2.15. The molecule has 18 heavy (non-hydrogen) atoms. The van der Waals surface area contributed by atoms with Crippen molar-refractivity contribution in [1.29, 1.82) is 0 Å². The number of anilines is 1. The van der Waals surface area contributed by atoms with E-state index in [2.05, 4.69) is 36.3 Å². The summed E-state index contributed by atoms with van der Waals surface area (Å²) in [5.41, 5.74) is 2.17. The Kier molecular flexibility index (Phi) is 4.15. The number of nitrogens with zero attached hydrogens (tertiary/aromatic N) is 1. The fourth-order valence-electron chi connectivity index (χ4n) is 1.99. The molecule has 3 nitrogen and oxygen atoms in total. The van der Waals surface area contributed by atoms with E-state index in [1.54, 1.807) is 0 Å². The maximum Gasteiger partial charge on any atom is 0.129 e. The van der Waals surface area contributed by atoms with Crippen LogP contribution in [0.2, 0.25) is 0 Å². The van der Waals surface area contributed by atoms with E-state index in [-0.39, 0.29) is 6.61 Å². The highest BCUT2D eigenvalue weighted by atomic mass is 16.3. The predicted octanol–water partition coefficient (Wildman–Crippen LogP) is 2.97. The minimum absolute atomic E-state index is 0.243. The van der Waals surface area contributed by atoms with Gasteiger partial charge in [-0.25, -0.2) is 4.98 Å². The van der Waals surface area contributed by atoms with E-state index < -0.39 is 0 Å². The van der Waals surface area contributed by atoms with Crippen LogP contribution in [0.4, 0.5) is 5.82 Å². The van der Waals surface area contributed by atoms with Crippen molar-refractivity contribution < 1.29 is 5.11 Å². The third-order valence-corrected chi connectivity index (χ3v) is 3.15. The Labute approximate surface area is 108 Å². The number of hydrogen-bond acceptors (Lipinski definition) is 3. The van der Waals surface area contributed by atoms with Gasteiger partial charge in [-0.05, 0) is 37.0 Å². The number of aliphatic hydroxyl groups excluding tert-OH is 1. The molecule has 0 amide bonds. The first kappa shape index (κ1) is 12.8. The van der Waals surface area contributed by atoms with Gasteiger partial charge in [-0.15, -0.1) is 0 Å². The topological polar surface area (TPSA) is 45.2 Å². The van der Waals surface area contributed by atoms with Crippen molar-refractivity contribution in [3.05, 3.63) is 35.9 Å². The van der Waals surface area contributed by atoms with Crippen LogP contribution in [-0.2, 0) is 0 Å². The van der Waals surface area contributed by atoms with Crippen molar-refractivity contribution in [2.75, 3.05) is 18.5 Å². The number of aromatic nitrogens is 1. The molecule has 1 heterocycles. The fourth-order valence-corrected chi connectivity index (χ4v) is 1.99. The van der Waals surface area contributed by atoms with Gasteiger partial charge in [0.1, 0.15) is 5.82 Å². The van der Waals surface area contributed by atoms with Gasteiger partial charge in [0.2, 0.25) is 0 Å². The molecule has 0 aliphatic heterocycles. The number of hydrogen-bond donors (Lipinski definition) is 2. The molecule has 0 fully saturated rings. The van der Waals surface area contributed by atoms with E-state index in [0.29, 0.717) is 5.92 Å². The fraction of sp³-hybridized carbons (Fsp3) is 0.400. The molecule has 1 atom stereocenters. The molecule has 0 radical (unpaired) electrons. The summed E-state index contributed by atoms with van der Waals surface area (Å²) < 4.78 is 0. The number of para-hydroxylation sites is 1.